The van der Waals surface area contributed by atoms with Gasteiger partial charge in [-0.15, -0.1) is 0 Å². The first-order valence-electron chi connectivity index (χ1n) is 8.13. The van der Waals surface area contributed by atoms with Crippen LogP contribution in [0.4, 0.5) is 18.9 Å². The lowest BCUT2D eigenvalue weighted by Crippen LogP contribution is -2.22. The number of hydrogen-bond donors (Lipinski definition) is 1. The molecule has 0 fully saturated rings. The normalized spacial score (nSPS) is 11.5. The van der Waals surface area contributed by atoms with Gasteiger partial charge in [0.25, 0.3) is 11.5 Å². The van der Waals surface area contributed by atoms with Gasteiger partial charge in [-0.2, -0.15) is 18.3 Å². The number of amides is 1. The van der Waals surface area contributed by atoms with Gasteiger partial charge in [-0.05, 0) is 37.3 Å². The predicted molar refractivity (Wildman–Crippen MR) is 97.9 cm³/mol. The Hall–Kier alpha value is -3.07. The summed E-state index contributed by atoms with van der Waals surface area (Å²) in [6.45, 7) is 2.08. The van der Waals surface area contributed by atoms with Crippen LogP contribution in [0.1, 0.15) is 23.0 Å². The number of halogens is 4. The van der Waals surface area contributed by atoms with E-state index in [0.29, 0.717) is 16.2 Å². The molecule has 1 aromatic carbocycles. The minimum atomic E-state index is -4.83. The molecule has 3 rings (SSSR count). The number of alkyl halides is 3. The molecule has 28 heavy (non-hydrogen) atoms. The zero-order chi connectivity index (χ0) is 20.5. The third-order valence-corrected chi connectivity index (χ3v) is 4.19. The Bertz CT molecular complexity index is 1070. The summed E-state index contributed by atoms with van der Waals surface area (Å²) in [5, 5.41) is 6.46. The fourth-order valence-electron chi connectivity index (χ4n) is 2.62. The number of pyridine rings is 1. The molecule has 0 bridgehead atoms. The molecular formula is C18H14ClF3N4O2. The highest BCUT2D eigenvalue weighted by molar-refractivity contribution is 6.30. The van der Waals surface area contributed by atoms with Crippen molar-refractivity contribution in [3.63, 3.8) is 0 Å². The van der Waals surface area contributed by atoms with E-state index in [1.807, 2.05) is 0 Å². The summed E-state index contributed by atoms with van der Waals surface area (Å²) < 4.78 is 43.0. The molecule has 0 aliphatic heterocycles. The first-order chi connectivity index (χ1) is 13.2. The summed E-state index contributed by atoms with van der Waals surface area (Å²) >= 11 is 5.77. The number of nitrogens with zero attached hydrogens (tertiary/aromatic N) is 3. The predicted octanol–water partition coefficient (Wildman–Crippen LogP) is 3.98. The topological polar surface area (TPSA) is 68.9 Å². The van der Waals surface area contributed by atoms with E-state index in [4.69, 9.17) is 11.6 Å². The van der Waals surface area contributed by atoms with E-state index in [2.05, 4.69) is 10.4 Å². The number of nitrogens with one attached hydrogen (secondary N) is 1. The minimum Gasteiger partial charge on any atom is -0.321 e. The van der Waals surface area contributed by atoms with Crippen LogP contribution >= 0.6 is 11.6 Å². The fourth-order valence-corrected chi connectivity index (χ4v) is 2.74. The van der Waals surface area contributed by atoms with Gasteiger partial charge >= 0.3 is 6.18 Å². The molecule has 0 spiro atoms. The van der Waals surface area contributed by atoms with Crippen LogP contribution in [-0.4, -0.2) is 20.3 Å². The monoisotopic (exact) mass is 410 g/mol. The second-order valence-corrected chi connectivity index (χ2v) is 6.23. The summed E-state index contributed by atoms with van der Waals surface area (Å²) in [6.07, 6.45) is -2.62. The first-order valence-corrected chi connectivity index (χ1v) is 8.51. The number of aromatic nitrogens is 3. The number of benzene rings is 1. The van der Waals surface area contributed by atoms with Crippen LogP contribution < -0.4 is 10.9 Å². The third-order valence-electron chi connectivity index (χ3n) is 3.94. The highest BCUT2D eigenvalue weighted by Gasteiger charge is 2.40. The molecule has 0 unspecified atom stereocenters. The summed E-state index contributed by atoms with van der Waals surface area (Å²) in [5.41, 5.74) is -1.84. The molecule has 6 nitrogen and oxygen atoms in total. The van der Waals surface area contributed by atoms with Crippen LogP contribution in [-0.2, 0) is 12.7 Å². The highest BCUT2D eigenvalue weighted by Crippen LogP contribution is 2.34. The van der Waals surface area contributed by atoms with Crippen LogP contribution in [0.25, 0.3) is 5.69 Å². The maximum absolute atomic E-state index is 13.7. The third kappa shape index (κ3) is 3.94. The van der Waals surface area contributed by atoms with Crippen molar-refractivity contribution in [1.82, 2.24) is 14.3 Å². The van der Waals surface area contributed by atoms with Crippen molar-refractivity contribution in [3.8, 4) is 5.69 Å². The van der Waals surface area contributed by atoms with Gasteiger partial charge < -0.3 is 9.88 Å². The fraction of sp³-hybridized carbons (Fsp3) is 0.167. The minimum absolute atomic E-state index is 0.107. The molecule has 3 aromatic rings. The van der Waals surface area contributed by atoms with E-state index in [1.54, 1.807) is 6.92 Å². The van der Waals surface area contributed by atoms with E-state index >= 15 is 0 Å². The van der Waals surface area contributed by atoms with Crippen molar-refractivity contribution in [2.45, 2.75) is 19.6 Å². The maximum atomic E-state index is 13.7. The van der Waals surface area contributed by atoms with Crippen molar-refractivity contribution < 1.29 is 18.0 Å². The van der Waals surface area contributed by atoms with Crippen molar-refractivity contribution in [3.05, 3.63) is 75.4 Å². The van der Waals surface area contributed by atoms with E-state index in [1.165, 1.54) is 47.2 Å². The zero-order valence-electron chi connectivity index (χ0n) is 14.5. The maximum Gasteiger partial charge on any atom is 0.434 e. The summed E-state index contributed by atoms with van der Waals surface area (Å²) in [6, 6.07) is 8.12. The molecule has 10 heteroatoms. The van der Waals surface area contributed by atoms with E-state index in [-0.39, 0.29) is 16.9 Å². The lowest BCUT2D eigenvalue weighted by molar-refractivity contribution is -0.143. The van der Waals surface area contributed by atoms with Crippen LogP contribution in [0.15, 0.2) is 53.6 Å². The number of carbonyl (C=O) groups is 1. The van der Waals surface area contributed by atoms with Gasteiger partial charge in [-0.25, -0.2) is 4.68 Å². The standard InChI is InChI=1S/C18H14ClF3N4O2/c1-2-25-10-12(5-8-15(25)27)24-17(28)14-9-23-26(16(14)18(20,21)22)13-6-3-11(19)4-7-13/h3-10H,2H2,1H3,(H,24,28). The lowest BCUT2D eigenvalue weighted by atomic mass is 10.2. The van der Waals surface area contributed by atoms with Gasteiger partial charge in [0, 0.05) is 23.8 Å². The average Bonchev–Trinajstić information content (AvgIpc) is 3.09. The Balaban J connectivity index is 2.01. The van der Waals surface area contributed by atoms with E-state index < -0.39 is 23.3 Å². The zero-order valence-corrected chi connectivity index (χ0v) is 15.3. The number of carbonyl (C=O) groups excluding carboxylic acids is 1. The molecular weight excluding hydrogens is 397 g/mol. The van der Waals surface area contributed by atoms with Crippen LogP contribution in [0, 0.1) is 0 Å². The molecule has 1 amide bonds. The van der Waals surface area contributed by atoms with Crippen LogP contribution in [0.5, 0.6) is 0 Å². The van der Waals surface area contributed by atoms with Crippen molar-refractivity contribution in [2.75, 3.05) is 5.32 Å². The van der Waals surface area contributed by atoms with Crippen molar-refractivity contribution in [1.29, 1.82) is 0 Å². The van der Waals surface area contributed by atoms with Gasteiger partial charge in [0.1, 0.15) is 0 Å². The van der Waals surface area contributed by atoms with E-state index in [9.17, 15) is 22.8 Å². The van der Waals surface area contributed by atoms with Gasteiger partial charge in [0.15, 0.2) is 5.69 Å². The Kier molecular flexibility index (Phi) is 5.28. The molecule has 0 atom stereocenters. The molecule has 0 radical (unpaired) electrons. The van der Waals surface area contributed by atoms with Gasteiger partial charge in [0.2, 0.25) is 0 Å². The number of rotatable bonds is 4. The highest BCUT2D eigenvalue weighted by atomic mass is 35.5. The largest absolute Gasteiger partial charge is 0.434 e. The molecule has 0 saturated carbocycles. The summed E-state index contributed by atoms with van der Waals surface area (Å²) in [7, 11) is 0. The van der Waals surface area contributed by atoms with E-state index in [0.717, 1.165) is 6.20 Å². The molecule has 0 saturated heterocycles. The van der Waals surface area contributed by atoms with Gasteiger partial charge in [-0.3, -0.25) is 9.59 Å². The first kappa shape index (κ1) is 19.7. The second-order valence-electron chi connectivity index (χ2n) is 5.79. The molecule has 0 aliphatic carbocycles. The molecule has 0 aliphatic rings. The van der Waals surface area contributed by atoms with Crippen molar-refractivity contribution in [2.24, 2.45) is 0 Å². The Morgan fingerprint density at radius 2 is 1.86 bits per heavy atom. The quantitative estimate of drug-likeness (QED) is 0.707. The SMILES string of the molecule is CCn1cc(NC(=O)c2cnn(-c3ccc(Cl)cc3)c2C(F)(F)F)ccc1=O. The van der Waals surface area contributed by atoms with Crippen LogP contribution in [0.3, 0.4) is 0 Å². The molecule has 1 N–H and O–H groups in total. The Morgan fingerprint density at radius 3 is 2.46 bits per heavy atom. The molecule has 2 heterocycles. The van der Waals surface area contributed by atoms with Gasteiger partial charge in [-0.1, -0.05) is 11.6 Å². The Morgan fingerprint density at radius 1 is 1.18 bits per heavy atom. The smallest absolute Gasteiger partial charge is 0.321 e. The average molecular weight is 411 g/mol. The van der Waals surface area contributed by atoms with Crippen molar-refractivity contribution >= 4 is 23.2 Å². The molecule has 2 aromatic heterocycles. The number of hydrogen-bond acceptors (Lipinski definition) is 3. The van der Waals surface area contributed by atoms with Gasteiger partial charge in [0.05, 0.1) is 23.1 Å². The number of anilines is 1. The Labute approximate surface area is 162 Å². The molecule has 146 valence electrons. The number of aryl methyl sites for hydroxylation is 1. The van der Waals surface area contributed by atoms with Crippen LogP contribution in [0.2, 0.25) is 5.02 Å². The summed E-state index contributed by atoms with van der Waals surface area (Å²) in [5.74, 6) is -0.992. The second kappa shape index (κ2) is 7.51. The summed E-state index contributed by atoms with van der Waals surface area (Å²) in [4.78, 5) is 24.1. The lowest BCUT2D eigenvalue weighted by Gasteiger charge is -2.13.